The van der Waals surface area contributed by atoms with Crippen LogP contribution in [0.25, 0.3) is 0 Å². The molecule has 118 valence electrons. The zero-order valence-corrected chi connectivity index (χ0v) is 13.0. The van der Waals surface area contributed by atoms with Gasteiger partial charge >= 0.3 is 6.09 Å². The molecule has 1 unspecified atom stereocenters. The summed E-state index contributed by atoms with van der Waals surface area (Å²) in [6.45, 7) is 2.53. The molecule has 0 bridgehead atoms. The average molecular weight is 309 g/mol. The molecule has 2 aromatic rings. The largest absolute Gasteiger partial charge is 0.447 e. The Kier molecular flexibility index (Phi) is 4.42. The maximum Gasteiger partial charge on any atom is 0.410 e. The van der Waals surface area contributed by atoms with Crippen molar-refractivity contribution in [2.75, 3.05) is 13.2 Å². The van der Waals surface area contributed by atoms with Crippen molar-refractivity contribution in [1.82, 2.24) is 4.90 Å². The van der Waals surface area contributed by atoms with E-state index in [1.54, 1.807) is 17.0 Å². The molecule has 4 nitrogen and oxygen atoms in total. The molecule has 0 N–H and O–H groups in total. The van der Waals surface area contributed by atoms with Crippen molar-refractivity contribution in [2.24, 2.45) is 5.92 Å². The molecule has 1 amide bonds. The van der Waals surface area contributed by atoms with Crippen molar-refractivity contribution < 1.29 is 14.3 Å². The van der Waals surface area contributed by atoms with Crippen LogP contribution in [0.1, 0.15) is 28.9 Å². The lowest BCUT2D eigenvalue weighted by Gasteiger charge is -2.24. The van der Waals surface area contributed by atoms with Crippen LogP contribution in [-0.4, -0.2) is 29.9 Å². The fourth-order valence-corrected chi connectivity index (χ4v) is 2.87. The second-order valence-corrected chi connectivity index (χ2v) is 5.79. The third-order valence-corrected chi connectivity index (χ3v) is 4.14. The Bertz CT molecular complexity index is 684. The molecular weight excluding hydrogens is 290 g/mol. The Balaban J connectivity index is 1.74. The van der Waals surface area contributed by atoms with Crippen LogP contribution < -0.4 is 0 Å². The summed E-state index contributed by atoms with van der Waals surface area (Å²) in [5.74, 6) is -0.244. The Labute approximate surface area is 135 Å². The monoisotopic (exact) mass is 309 g/mol. The first-order valence-corrected chi connectivity index (χ1v) is 7.74. The fraction of sp³-hybridized carbons (Fsp3) is 0.263. The molecule has 2 aromatic carbocycles. The van der Waals surface area contributed by atoms with Crippen LogP contribution in [0.5, 0.6) is 0 Å². The highest BCUT2D eigenvalue weighted by atomic mass is 16.6. The van der Waals surface area contributed by atoms with Crippen LogP contribution in [0, 0.1) is 5.92 Å². The molecule has 1 fully saturated rings. The number of Topliss-reactive ketones (excluding diaryl/α,β-unsaturated/α-hetero) is 1. The van der Waals surface area contributed by atoms with Gasteiger partial charge in [0.2, 0.25) is 0 Å². The van der Waals surface area contributed by atoms with Crippen molar-refractivity contribution in [3.05, 3.63) is 71.8 Å². The number of amides is 1. The highest BCUT2D eigenvalue weighted by Gasteiger charge is 2.35. The summed E-state index contributed by atoms with van der Waals surface area (Å²) in [5.41, 5.74) is 1.70. The summed E-state index contributed by atoms with van der Waals surface area (Å²) < 4.78 is 5.19. The number of ether oxygens (including phenoxy) is 1. The van der Waals surface area contributed by atoms with Gasteiger partial charge < -0.3 is 4.74 Å². The highest BCUT2D eigenvalue weighted by Crippen LogP contribution is 2.28. The second-order valence-electron chi connectivity index (χ2n) is 5.79. The van der Waals surface area contributed by atoms with E-state index < -0.39 is 0 Å². The third-order valence-electron chi connectivity index (χ3n) is 4.14. The highest BCUT2D eigenvalue weighted by molar-refractivity contribution is 5.97. The van der Waals surface area contributed by atoms with Gasteiger partial charge in [-0.05, 0) is 5.56 Å². The van der Waals surface area contributed by atoms with Crippen molar-refractivity contribution in [3.63, 3.8) is 0 Å². The second kappa shape index (κ2) is 6.65. The topological polar surface area (TPSA) is 46.6 Å². The van der Waals surface area contributed by atoms with Gasteiger partial charge in [0.15, 0.2) is 5.78 Å². The molecule has 0 saturated carbocycles. The van der Waals surface area contributed by atoms with Gasteiger partial charge in [0.25, 0.3) is 0 Å². The Hall–Kier alpha value is -2.62. The van der Waals surface area contributed by atoms with E-state index in [1.165, 1.54) is 0 Å². The SMILES string of the molecule is CC(CN1C(=O)OC[C@@H]1c1ccccc1)C(=O)c1ccccc1. The number of carbonyl (C=O) groups excluding carboxylic acids is 2. The summed E-state index contributed by atoms with van der Waals surface area (Å²) in [7, 11) is 0. The molecule has 0 aliphatic carbocycles. The van der Waals surface area contributed by atoms with Gasteiger partial charge in [-0.3, -0.25) is 9.69 Å². The smallest absolute Gasteiger partial charge is 0.410 e. The van der Waals surface area contributed by atoms with Gasteiger partial charge in [0, 0.05) is 18.0 Å². The van der Waals surface area contributed by atoms with Gasteiger partial charge in [0.1, 0.15) is 6.61 Å². The van der Waals surface area contributed by atoms with Crippen molar-refractivity contribution in [3.8, 4) is 0 Å². The van der Waals surface area contributed by atoms with Crippen LogP contribution in [0.2, 0.25) is 0 Å². The van der Waals surface area contributed by atoms with E-state index >= 15 is 0 Å². The van der Waals surface area contributed by atoms with Crippen LogP contribution in [0.3, 0.4) is 0 Å². The number of hydrogen-bond acceptors (Lipinski definition) is 3. The first kappa shape index (κ1) is 15.3. The fourth-order valence-electron chi connectivity index (χ4n) is 2.87. The summed E-state index contributed by atoms with van der Waals surface area (Å²) >= 11 is 0. The van der Waals surface area contributed by atoms with Crippen molar-refractivity contribution >= 4 is 11.9 Å². The lowest BCUT2D eigenvalue weighted by Crippen LogP contribution is -2.34. The molecule has 3 rings (SSSR count). The predicted octanol–water partition coefficient (Wildman–Crippen LogP) is 3.70. The molecule has 1 aliphatic rings. The summed E-state index contributed by atoms with van der Waals surface area (Å²) in [5, 5.41) is 0. The van der Waals surface area contributed by atoms with Gasteiger partial charge in [-0.2, -0.15) is 0 Å². The minimum atomic E-state index is -0.355. The van der Waals surface area contributed by atoms with Crippen LogP contribution in [-0.2, 0) is 4.74 Å². The molecule has 23 heavy (non-hydrogen) atoms. The number of nitrogens with zero attached hydrogens (tertiary/aromatic N) is 1. The van der Waals surface area contributed by atoms with Gasteiger partial charge in [0.05, 0.1) is 6.04 Å². The first-order chi connectivity index (χ1) is 11.2. The maximum absolute atomic E-state index is 12.5. The third kappa shape index (κ3) is 3.26. The zero-order chi connectivity index (χ0) is 16.2. The predicted molar refractivity (Wildman–Crippen MR) is 87.2 cm³/mol. The minimum absolute atomic E-state index is 0.0390. The number of benzene rings is 2. The van der Waals surface area contributed by atoms with Gasteiger partial charge in [-0.1, -0.05) is 67.6 Å². The molecule has 2 atom stereocenters. The molecule has 1 saturated heterocycles. The summed E-state index contributed by atoms with van der Waals surface area (Å²) in [6.07, 6.45) is -0.355. The normalized spacial score (nSPS) is 18.6. The molecule has 1 heterocycles. The zero-order valence-electron chi connectivity index (χ0n) is 13.0. The quantitative estimate of drug-likeness (QED) is 0.791. The Morgan fingerprint density at radius 3 is 2.39 bits per heavy atom. The standard InChI is InChI=1S/C19H19NO3/c1-14(18(21)16-10-6-3-7-11-16)12-20-17(13-23-19(20)22)15-8-4-2-5-9-15/h2-11,14,17H,12-13H2,1H3/t14?,17-/m1/s1. The minimum Gasteiger partial charge on any atom is -0.447 e. The maximum atomic E-state index is 12.5. The Morgan fingerprint density at radius 1 is 1.13 bits per heavy atom. The van der Waals surface area contributed by atoms with Gasteiger partial charge in [-0.25, -0.2) is 4.79 Å². The van der Waals surface area contributed by atoms with Gasteiger partial charge in [-0.15, -0.1) is 0 Å². The number of ketones is 1. The lowest BCUT2D eigenvalue weighted by atomic mass is 9.98. The number of carbonyl (C=O) groups is 2. The van der Waals surface area contributed by atoms with Crippen LogP contribution in [0.4, 0.5) is 4.79 Å². The van der Waals surface area contributed by atoms with Crippen LogP contribution >= 0.6 is 0 Å². The molecule has 0 radical (unpaired) electrons. The van der Waals surface area contributed by atoms with E-state index in [2.05, 4.69) is 0 Å². The number of hydrogen-bond donors (Lipinski definition) is 0. The molecule has 0 aromatic heterocycles. The summed E-state index contributed by atoms with van der Waals surface area (Å²) in [4.78, 5) is 26.2. The summed E-state index contributed by atoms with van der Waals surface area (Å²) in [6, 6.07) is 18.8. The first-order valence-electron chi connectivity index (χ1n) is 7.74. The molecule has 0 spiro atoms. The lowest BCUT2D eigenvalue weighted by molar-refractivity contribution is 0.0898. The van der Waals surface area contributed by atoms with E-state index in [0.29, 0.717) is 18.7 Å². The van der Waals surface area contributed by atoms with E-state index in [0.717, 1.165) is 5.56 Å². The number of cyclic esters (lactones) is 1. The van der Waals surface area contributed by atoms with Crippen molar-refractivity contribution in [1.29, 1.82) is 0 Å². The van der Waals surface area contributed by atoms with E-state index in [9.17, 15) is 9.59 Å². The molecule has 4 heteroatoms. The molecular formula is C19H19NO3. The van der Waals surface area contributed by atoms with Crippen molar-refractivity contribution in [2.45, 2.75) is 13.0 Å². The average Bonchev–Trinajstić information content (AvgIpc) is 2.96. The Morgan fingerprint density at radius 2 is 1.74 bits per heavy atom. The van der Waals surface area contributed by atoms with E-state index in [4.69, 9.17) is 4.74 Å². The van der Waals surface area contributed by atoms with Crippen LogP contribution in [0.15, 0.2) is 60.7 Å². The van der Waals surface area contributed by atoms with E-state index in [1.807, 2.05) is 55.5 Å². The number of rotatable bonds is 5. The molecule has 1 aliphatic heterocycles. The van der Waals surface area contributed by atoms with E-state index in [-0.39, 0.29) is 23.8 Å².